The lowest BCUT2D eigenvalue weighted by molar-refractivity contribution is 0.111. The number of fused-ring (bicyclic) bond motifs is 1. The minimum Gasteiger partial charge on any atom is -0.390 e. The van der Waals surface area contributed by atoms with Gasteiger partial charge in [0, 0.05) is 10.4 Å². The van der Waals surface area contributed by atoms with Gasteiger partial charge in [0.2, 0.25) is 0 Å². The highest BCUT2D eigenvalue weighted by Crippen LogP contribution is 2.36. The SMILES string of the molecule is Nc1sc(Br)c2c(C=O)nn(-c3ccc(Cl)cc3)c(=O)c12. The van der Waals surface area contributed by atoms with Crippen molar-refractivity contribution in [2.45, 2.75) is 0 Å². The van der Waals surface area contributed by atoms with Gasteiger partial charge in [0.15, 0.2) is 6.29 Å². The lowest BCUT2D eigenvalue weighted by Gasteiger charge is -2.06. The summed E-state index contributed by atoms with van der Waals surface area (Å²) in [5.41, 5.74) is 6.17. The third kappa shape index (κ3) is 2.27. The molecule has 0 amide bonds. The largest absolute Gasteiger partial charge is 0.390 e. The van der Waals surface area contributed by atoms with Gasteiger partial charge < -0.3 is 5.73 Å². The predicted octanol–water partition coefficient (Wildman–Crippen LogP) is 3.26. The standard InChI is InChI=1S/C13H7BrClN3O2S/c14-11-9-8(5-19)17-18(7-3-1-6(15)2-4-7)13(20)10(9)12(16)21-11/h1-5H,16H2. The number of anilines is 1. The number of nitrogens with zero attached hydrogens (tertiary/aromatic N) is 2. The average Bonchev–Trinajstić information content (AvgIpc) is 2.77. The van der Waals surface area contributed by atoms with E-state index < -0.39 is 0 Å². The highest BCUT2D eigenvalue weighted by molar-refractivity contribution is 9.11. The van der Waals surface area contributed by atoms with Crippen molar-refractivity contribution in [3.8, 4) is 5.69 Å². The Morgan fingerprint density at radius 3 is 2.57 bits per heavy atom. The number of carbonyl (C=O) groups is 1. The molecule has 0 fully saturated rings. The fourth-order valence-electron chi connectivity index (χ4n) is 2.01. The summed E-state index contributed by atoms with van der Waals surface area (Å²) in [6.45, 7) is 0. The van der Waals surface area contributed by atoms with Crippen LogP contribution in [0.2, 0.25) is 5.02 Å². The third-order valence-corrected chi connectivity index (χ3v) is 4.89. The molecule has 0 saturated carbocycles. The number of hydrogen-bond acceptors (Lipinski definition) is 5. The quantitative estimate of drug-likeness (QED) is 0.688. The number of nitrogens with two attached hydrogens (primary N) is 1. The Morgan fingerprint density at radius 2 is 1.95 bits per heavy atom. The summed E-state index contributed by atoms with van der Waals surface area (Å²) in [5, 5.41) is 5.73. The monoisotopic (exact) mass is 383 g/mol. The smallest absolute Gasteiger partial charge is 0.282 e. The van der Waals surface area contributed by atoms with E-state index in [9.17, 15) is 9.59 Å². The van der Waals surface area contributed by atoms with Gasteiger partial charge in [-0.05, 0) is 40.2 Å². The first-order valence-corrected chi connectivity index (χ1v) is 7.73. The molecule has 0 radical (unpaired) electrons. The van der Waals surface area contributed by atoms with Gasteiger partial charge in [-0.3, -0.25) is 9.59 Å². The topological polar surface area (TPSA) is 78.0 Å². The third-order valence-electron chi connectivity index (χ3n) is 2.95. The summed E-state index contributed by atoms with van der Waals surface area (Å²) in [6.07, 6.45) is 0.602. The highest BCUT2D eigenvalue weighted by atomic mass is 79.9. The number of halogens is 2. The summed E-state index contributed by atoms with van der Waals surface area (Å²) >= 11 is 10.3. The molecule has 3 aromatic rings. The van der Waals surface area contributed by atoms with Crippen molar-refractivity contribution in [2.75, 3.05) is 5.73 Å². The van der Waals surface area contributed by atoms with Gasteiger partial charge in [-0.25, -0.2) is 0 Å². The summed E-state index contributed by atoms with van der Waals surface area (Å²) in [7, 11) is 0. The van der Waals surface area contributed by atoms with Crippen LogP contribution >= 0.6 is 38.9 Å². The van der Waals surface area contributed by atoms with Gasteiger partial charge in [-0.1, -0.05) is 11.6 Å². The molecule has 1 aromatic carbocycles. The fraction of sp³-hybridized carbons (Fsp3) is 0. The first-order chi connectivity index (χ1) is 10.0. The molecule has 0 aliphatic carbocycles. The Hall–Kier alpha value is -1.70. The van der Waals surface area contributed by atoms with Crippen molar-refractivity contribution in [1.82, 2.24) is 9.78 Å². The van der Waals surface area contributed by atoms with Crippen LogP contribution in [0.3, 0.4) is 0 Å². The van der Waals surface area contributed by atoms with Crippen molar-refractivity contribution in [2.24, 2.45) is 0 Å². The average molecular weight is 385 g/mol. The maximum Gasteiger partial charge on any atom is 0.282 e. The second kappa shape index (κ2) is 5.25. The maximum absolute atomic E-state index is 12.6. The van der Waals surface area contributed by atoms with Crippen molar-refractivity contribution >= 4 is 60.9 Å². The zero-order valence-corrected chi connectivity index (χ0v) is 13.5. The Kier molecular flexibility index (Phi) is 3.56. The molecule has 2 N–H and O–H groups in total. The van der Waals surface area contributed by atoms with Gasteiger partial charge in [0.1, 0.15) is 10.7 Å². The molecule has 0 atom stereocenters. The molecule has 0 aliphatic heterocycles. The van der Waals surface area contributed by atoms with Gasteiger partial charge in [-0.2, -0.15) is 9.78 Å². The van der Waals surface area contributed by atoms with E-state index in [1.54, 1.807) is 24.3 Å². The van der Waals surface area contributed by atoms with E-state index in [1.165, 1.54) is 11.3 Å². The molecule has 3 rings (SSSR count). The first kappa shape index (κ1) is 14.2. The minimum absolute atomic E-state index is 0.152. The van der Waals surface area contributed by atoms with Crippen molar-refractivity contribution in [3.05, 3.63) is 49.1 Å². The van der Waals surface area contributed by atoms with E-state index in [0.717, 1.165) is 4.68 Å². The zero-order chi connectivity index (χ0) is 15.1. The molecule has 2 aromatic heterocycles. The van der Waals surface area contributed by atoms with Crippen molar-refractivity contribution in [3.63, 3.8) is 0 Å². The summed E-state index contributed by atoms with van der Waals surface area (Å²) < 4.78 is 1.77. The van der Waals surface area contributed by atoms with Crippen LogP contribution in [0, 0.1) is 0 Å². The second-order valence-corrected chi connectivity index (χ2v) is 6.99. The van der Waals surface area contributed by atoms with E-state index in [0.29, 0.717) is 36.6 Å². The number of carbonyl (C=O) groups excluding carboxylic acids is 1. The number of thiophene rings is 1. The lowest BCUT2D eigenvalue weighted by Crippen LogP contribution is -2.23. The molecule has 5 nitrogen and oxygen atoms in total. The number of hydrogen-bond donors (Lipinski definition) is 1. The second-order valence-electron chi connectivity index (χ2n) is 4.19. The summed E-state index contributed by atoms with van der Waals surface area (Å²) in [4.78, 5) is 23.8. The molecule has 0 spiro atoms. The van der Waals surface area contributed by atoms with Gasteiger partial charge >= 0.3 is 0 Å². The van der Waals surface area contributed by atoms with E-state index in [-0.39, 0.29) is 11.3 Å². The van der Waals surface area contributed by atoms with Crippen LogP contribution in [0.5, 0.6) is 0 Å². The minimum atomic E-state index is -0.377. The summed E-state index contributed by atoms with van der Waals surface area (Å²) in [6, 6.07) is 6.58. The van der Waals surface area contributed by atoms with E-state index in [2.05, 4.69) is 21.0 Å². The van der Waals surface area contributed by atoms with Crippen LogP contribution in [-0.4, -0.2) is 16.1 Å². The van der Waals surface area contributed by atoms with Crippen LogP contribution in [0.25, 0.3) is 16.5 Å². The molecule has 106 valence electrons. The van der Waals surface area contributed by atoms with Crippen LogP contribution < -0.4 is 11.3 Å². The maximum atomic E-state index is 12.6. The van der Waals surface area contributed by atoms with Crippen LogP contribution in [0.15, 0.2) is 32.8 Å². The van der Waals surface area contributed by atoms with Gasteiger partial charge in [-0.15, -0.1) is 11.3 Å². The van der Waals surface area contributed by atoms with Crippen LogP contribution in [-0.2, 0) is 0 Å². The molecule has 8 heteroatoms. The first-order valence-electron chi connectivity index (χ1n) is 5.75. The number of rotatable bonds is 2. The van der Waals surface area contributed by atoms with Gasteiger partial charge in [0.05, 0.1) is 14.9 Å². The highest BCUT2D eigenvalue weighted by Gasteiger charge is 2.19. The Morgan fingerprint density at radius 1 is 1.29 bits per heavy atom. The zero-order valence-electron chi connectivity index (χ0n) is 10.3. The molecule has 2 heterocycles. The normalized spacial score (nSPS) is 11.0. The molecule has 0 bridgehead atoms. The number of aromatic nitrogens is 2. The van der Waals surface area contributed by atoms with E-state index in [4.69, 9.17) is 17.3 Å². The molecular formula is C13H7BrClN3O2S. The van der Waals surface area contributed by atoms with Crippen LogP contribution in [0.1, 0.15) is 10.5 Å². The number of aldehydes is 1. The lowest BCUT2D eigenvalue weighted by atomic mass is 10.2. The van der Waals surface area contributed by atoms with E-state index >= 15 is 0 Å². The Balaban J connectivity index is 2.42. The van der Waals surface area contributed by atoms with Crippen molar-refractivity contribution < 1.29 is 4.79 Å². The Bertz CT molecular complexity index is 918. The number of benzene rings is 1. The predicted molar refractivity (Wildman–Crippen MR) is 87.7 cm³/mol. The van der Waals surface area contributed by atoms with Gasteiger partial charge in [0.25, 0.3) is 5.56 Å². The molecular weight excluding hydrogens is 378 g/mol. The summed E-state index contributed by atoms with van der Waals surface area (Å²) in [5.74, 6) is 0. The molecule has 21 heavy (non-hydrogen) atoms. The molecule has 0 unspecified atom stereocenters. The van der Waals surface area contributed by atoms with Crippen LogP contribution in [0.4, 0.5) is 5.00 Å². The Labute approximate surface area is 136 Å². The number of nitrogen functional groups attached to an aromatic ring is 1. The van der Waals surface area contributed by atoms with E-state index in [1.807, 2.05) is 0 Å². The fourth-order valence-corrected chi connectivity index (χ4v) is 3.85. The molecule has 0 aliphatic rings. The van der Waals surface area contributed by atoms with Crippen molar-refractivity contribution in [1.29, 1.82) is 0 Å². The molecule has 0 saturated heterocycles.